The number of amides is 1. The first-order chi connectivity index (χ1) is 7.86. The van der Waals surface area contributed by atoms with Crippen LogP contribution in [0, 0.1) is 0 Å². The molecule has 16 heavy (non-hydrogen) atoms. The molecule has 2 fully saturated rings. The number of nitrogens with one attached hydrogen (secondary N) is 1. The molecule has 0 unspecified atom stereocenters. The number of likely N-dealkylation sites (tertiary alicyclic amines) is 1. The number of hydrogen-bond donors (Lipinski definition) is 1. The van der Waals surface area contributed by atoms with Crippen LogP contribution in [0.5, 0.6) is 0 Å². The molecule has 2 rings (SSSR count). The highest BCUT2D eigenvalue weighted by Gasteiger charge is 2.16. The van der Waals surface area contributed by atoms with E-state index in [9.17, 15) is 4.79 Å². The monoisotopic (exact) mass is 222 g/mol. The predicted octanol–water partition coefficient (Wildman–Crippen LogP) is 1.70. The van der Waals surface area contributed by atoms with Gasteiger partial charge >= 0.3 is 0 Å². The van der Waals surface area contributed by atoms with Crippen LogP contribution in [0.4, 0.5) is 0 Å². The van der Waals surface area contributed by atoms with Gasteiger partial charge in [0.15, 0.2) is 0 Å². The van der Waals surface area contributed by atoms with Crippen molar-refractivity contribution in [3.8, 4) is 0 Å². The van der Waals surface area contributed by atoms with Crippen molar-refractivity contribution in [1.29, 1.82) is 0 Å². The van der Waals surface area contributed by atoms with Gasteiger partial charge in [-0.15, -0.1) is 0 Å². The summed E-state index contributed by atoms with van der Waals surface area (Å²) in [5.41, 5.74) is 1.58. The molecule has 0 atom stereocenters. The SMILES string of the molecule is O=C(CCNCC=C1CCC1)N1CCCC1. The van der Waals surface area contributed by atoms with Crippen LogP contribution in [0.15, 0.2) is 11.6 Å². The molecular formula is C13H22N2O. The van der Waals surface area contributed by atoms with Crippen molar-refractivity contribution in [3.63, 3.8) is 0 Å². The average molecular weight is 222 g/mol. The number of carbonyl (C=O) groups excluding carboxylic acids is 1. The summed E-state index contributed by atoms with van der Waals surface area (Å²) in [6.07, 6.45) is 9.24. The Morgan fingerprint density at radius 2 is 2.00 bits per heavy atom. The summed E-state index contributed by atoms with van der Waals surface area (Å²) in [6, 6.07) is 0. The highest BCUT2D eigenvalue weighted by atomic mass is 16.2. The normalized spacial score (nSPS) is 19.8. The van der Waals surface area contributed by atoms with Crippen molar-refractivity contribution in [2.45, 2.75) is 38.5 Å². The fraction of sp³-hybridized carbons (Fsp3) is 0.769. The van der Waals surface area contributed by atoms with Crippen LogP contribution in [0.1, 0.15) is 38.5 Å². The zero-order valence-electron chi connectivity index (χ0n) is 10.0. The molecule has 2 aliphatic rings. The first-order valence-electron chi connectivity index (χ1n) is 6.52. The maximum Gasteiger partial charge on any atom is 0.223 e. The third kappa shape index (κ3) is 3.34. The number of hydrogen-bond acceptors (Lipinski definition) is 2. The Hall–Kier alpha value is -0.830. The lowest BCUT2D eigenvalue weighted by molar-refractivity contribution is -0.130. The number of nitrogens with zero attached hydrogens (tertiary/aromatic N) is 1. The van der Waals surface area contributed by atoms with Gasteiger partial charge in [-0.25, -0.2) is 0 Å². The van der Waals surface area contributed by atoms with E-state index in [1.54, 1.807) is 5.57 Å². The zero-order chi connectivity index (χ0) is 11.2. The molecule has 0 aromatic heterocycles. The van der Waals surface area contributed by atoms with Crippen LogP contribution in [-0.2, 0) is 4.79 Å². The molecule has 1 amide bonds. The molecule has 0 aromatic carbocycles. The lowest BCUT2D eigenvalue weighted by Crippen LogP contribution is -2.30. The van der Waals surface area contributed by atoms with Crippen molar-refractivity contribution in [1.82, 2.24) is 10.2 Å². The Morgan fingerprint density at radius 1 is 1.25 bits per heavy atom. The topological polar surface area (TPSA) is 32.3 Å². The van der Waals surface area contributed by atoms with E-state index in [0.29, 0.717) is 12.3 Å². The Kier molecular flexibility index (Phi) is 4.40. The third-order valence-corrected chi connectivity index (χ3v) is 3.51. The van der Waals surface area contributed by atoms with Gasteiger partial charge in [0.05, 0.1) is 0 Å². The Labute approximate surface area is 97.9 Å². The molecule has 90 valence electrons. The van der Waals surface area contributed by atoms with Crippen molar-refractivity contribution in [2.24, 2.45) is 0 Å². The fourth-order valence-electron chi connectivity index (χ4n) is 2.22. The van der Waals surface area contributed by atoms with Gasteiger partial charge in [0.25, 0.3) is 0 Å². The van der Waals surface area contributed by atoms with Crippen molar-refractivity contribution >= 4 is 5.91 Å². The second kappa shape index (κ2) is 6.04. The highest BCUT2D eigenvalue weighted by molar-refractivity contribution is 5.76. The van der Waals surface area contributed by atoms with Gasteiger partial charge < -0.3 is 10.2 Å². The minimum absolute atomic E-state index is 0.321. The Morgan fingerprint density at radius 3 is 2.62 bits per heavy atom. The van der Waals surface area contributed by atoms with Gasteiger partial charge in [0, 0.05) is 32.6 Å². The Bertz CT molecular complexity index is 261. The van der Waals surface area contributed by atoms with E-state index in [-0.39, 0.29) is 0 Å². The van der Waals surface area contributed by atoms with Gasteiger partial charge in [0.1, 0.15) is 0 Å². The molecule has 3 heteroatoms. The molecule has 0 radical (unpaired) electrons. The van der Waals surface area contributed by atoms with Crippen LogP contribution in [0.3, 0.4) is 0 Å². The zero-order valence-corrected chi connectivity index (χ0v) is 10.0. The van der Waals surface area contributed by atoms with E-state index >= 15 is 0 Å². The van der Waals surface area contributed by atoms with Gasteiger partial charge in [-0.1, -0.05) is 11.6 Å². The summed E-state index contributed by atoms with van der Waals surface area (Å²) >= 11 is 0. The van der Waals surface area contributed by atoms with E-state index < -0.39 is 0 Å². The number of rotatable bonds is 5. The van der Waals surface area contributed by atoms with Crippen LogP contribution in [0.2, 0.25) is 0 Å². The fourth-order valence-corrected chi connectivity index (χ4v) is 2.22. The molecule has 0 aromatic rings. The van der Waals surface area contributed by atoms with Gasteiger partial charge in [0.2, 0.25) is 5.91 Å². The van der Waals surface area contributed by atoms with Crippen LogP contribution >= 0.6 is 0 Å². The summed E-state index contributed by atoms with van der Waals surface area (Å²) in [4.78, 5) is 13.7. The van der Waals surface area contributed by atoms with E-state index in [2.05, 4.69) is 11.4 Å². The second-order valence-electron chi connectivity index (χ2n) is 4.76. The molecule has 1 aliphatic carbocycles. The summed E-state index contributed by atoms with van der Waals surface area (Å²) in [7, 11) is 0. The molecular weight excluding hydrogens is 200 g/mol. The molecule has 1 saturated carbocycles. The molecule has 1 saturated heterocycles. The number of allylic oxidation sites excluding steroid dienone is 1. The van der Waals surface area contributed by atoms with Crippen LogP contribution < -0.4 is 5.32 Å². The highest BCUT2D eigenvalue weighted by Crippen LogP contribution is 2.24. The standard InChI is InChI=1S/C13H22N2O/c16-13(15-10-1-2-11-15)7-9-14-8-6-12-4-3-5-12/h6,14H,1-5,7-11H2. The quantitative estimate of drug-likeness (QED) is 0.567. The maximum absolute atomic E-state index is 11.7. The summed E-state index contributed by atoms with van der Waals surface area (Å²) in [5.74, 6) is 0.321. The molecule has 1 N–H and O–H groups in total. The number of carbonyl (C=O) groups is 1. The Balaban J connectivity index is 1.51. The third-order valence-electron chi connectivity index (χ3n) is 3.51. The smallest absolute Gasteiger partial charge is 0.223 e. The summed E-state index contributed by atoms with van der Waals surface area (Å²) in [6.45, 7) is 3.70. The summed E-state index contributed by atoms with van der Waals surface area (Å²) in [5, 5.41) is 3.31. The minimum atomic E-state index is 0.321. The summed E-state index contributed by atoms with van der Waals surface area (Å²) < 4.78 is 0. The van der Waals surface area contributed by atoms with Crippen molar-refractivity contribution < 1.29 is 4.79 Å². The lowest BCUT2D eigenvalue weighted by atomic mass is 9.92. The van der Waals surface area contributed by atoms with Gasteiger partial charge in [-0.2, -0.15) is 0 Å². The average Bonchev–Trinajstić information content (AvgIpc) is 2.73. The largest absolute Gasteiger partial charge is 0.343 e. The van der Waals surface area contributed by atoms with E-state index in [4.69, 9.17) is 0 Å². The van der Waals surface area contributed by atoms with Crippen LogP contribution in [-0.4, -0.2) is 37.0 Å². The predicted molar refractivity (Wildman–Crippen MR) is 65.2 cm³/mol. The van der Waals surface area contributed by atoms with E-state index in [1.807, 2.05) is 4.90 Å². The molecule has 3 nitrogen and oxygen atoms in total. The van der Waals surface area contributed by atoms with Crippen molar-refractivity contribution in [2.75, 3.05) is 26.2 Å². The maximum atomic E-state index is 11.7. The van der Waals surface area contributed by atoms with E-state index in [0.717, 1.165) is 26.2 Å². The lowest BCUT2D eigenvalue weighted by Gasteiger charge is -2.16. The van der Waals surface area contributed by atoms with Crippen LogP contribution in [0.25, 0.3) is 0 Å². The van der Waals surface area contributed by atoms with Gasteiger partial charge in [-0.05, 0) is 32.1 Å². The van der Waals surface area contributed by atoms with Gasteiger partial charge in [-0.3, -0.25) is 4.79 Å². The minimum Gasteiger partial charge on any atom is -0.343 e. The molecule has 1 heterocycles. The second-order valence-corrected chi connectivity index (χ2v) is 4.76. The van der Waals surface area contributed by atoms with Crippen molar-refractivity contribution in [3.05, 3.63) is 11.6 Å². The van der Waals surface area contributed by atoms with E-state index in [1.165, 1.54) is 32.1 Å². The first kappa shape index (κ1) is 11.6. The molecule has 1 aliphatic heterocycles. The molecule has 0 spiro atoms. The first-order valence-corrected chi connectivity index (χ1v) is 6.52. The molecule has 0 bridgehead atoms.